The zero-order valence-electron chi connectivity index (χ0n) is 7.56. The van der Waals surface area contributed by atoms with E-state index >= 15 is 0 Å². The molecule has 0 aliphatic heterocycles. The summed E-state index contributed by atoms with van der Waals surface area (Å²) in [6.07, 6.45) is -0.824. The molecule has 0 fully saturated rings. The molecule has 0 amide bonds. The molecule has 8 N–H and O–H groups in total. The second-order valence-corrected chi connectivity index (χ2v) is 2.95. The van der Waals surface area contributed by atoms with Gasteiger partial charge in [-0.1, -0.05) is 0 Å². The van der Waals surface area contributed by atoms with Crippen LogP contribution in [0.5, 0.6) is 0 Å². The Morgan fingerprint density at radius 1 is 1.36 bits per heavy atom. The summed E-state index contributed by atoms with van der Waals surface area (Å²) in [6, 6.07) is 0. The lowest BCUT2D eigenvalue weighted by atomic mass is 10.1. The third-order valence-corrected chi connectivity index (χ3v) is 1.25. The molecule has 0 aromatic rings. The quantitative estimate of drug-likeness (QED) is 0.244. The lowest BCUT2D eigenvalue weighted by molar-refractivity contribution is -0.175. The summed E-state index contributed by atoms with van der Waals surface area (Å²) in [5, 5.41) is 17.5. The smallest absolute Gasteiger partial charge is 0.351 e. The molecule has 0 heterocycles. The van der Waals surface area contributed by atoms with Gasteiger partial charge >= 0.3 is 11.9 Å². The summed E-state index contributed by atoms with van der Waals surface area (Å²) in [5.74, 6) is -4.64. The number of carbonyl (C=O) groups excluding carboxylic acids is 1. The van der Waals surface area contributed by atoms with Gasteiger partial charge in [0.2, 0.25) is 11.6 Å². The summed E-state index contributed by atoms with van der Waals surface area (Å²) in [6.45, 7) is 1.03. The number of nitrogens with two attached hydrogens (primary N) is 3. The molecule has 0 rings (SSSR count). The van der Waals surface area contributed by atoms with Crippen LogP contribution in [0.1, 0.15) is 13.3 Å². The summed E-state index contributed by atoms with van der Waals surface area (Å²) in [7, 11) is 0. The molecule has 0 aliphatic rings. The number of aliphatic hydroxyl groups is 1. The Morgan fingerprint density at radius 2 is 1.79 bits per heavy atom. The van der Waals surface area contributed by atoms with Crippen LogP contribution in [0.25, 0.3) is 0 Å². The molecule has 0 bridgehead atoms. The Kier molecular flexibility index (Phi) is 3.54. The summed E-state index contributed by atoms with van der Waals surface area (Å²) >= 11 is 0. The Balaban J connectivity index is 4.49. The van der Waals surface area contributed by atoms with Crippen molar-refractivity contribution in [3.8, 4) is 0 Å². The number of hydrogen-bond acceptors (Lipinski definition) is 7. The van der Waals surface area contributed by atoms with Crippen LogP contribution in [0, 0.1) is 0 Å². The van der Waals surface area contributed by atoms with Gasteiger partial charge in [-0.2, -0.15) is 0 Å². The van der Waals surface area contributed by atoms with Crippen LogP contribution in [-0.2, 0) is 14.3 Å². The van der Waals surface area contributed by atoms with Crippen molar-refractivity contribution in [2.45, 2.75) is 24.9 Å². The van der Waals surface area contributed by atoms with Crippen LogP contribution < -0.4 is 17.2 Å². The molecule has 0 aliphatic carbocycles. The SMILES string of the molecule is CC(=O)OC(N)(N)CC(N)(O)C(=O)O. The highest BCUT2D eigenvalue weighted by Gasteiger charge is 2.40. The van der Waals surface area contributed by atoms with Crippen LogP contribution >= 0.6 is 0 Å². The number of rotatable bonds is 4. The predicted molar refractivity (Wildman–Crippen MR) is 44.3 cm³/mol. The standard InChI is InChI=1S/C6H13N3O5/c1-3(10)14-6(8,9)2-5(7,13)4(11)12/h13H,2,7-9H2,1H3,(H,11,12). The van der Waals surface area contributed by atoms with Gasteiger partial charge in [0.15, 0.2) is 0 Å². The van der Waals surface area contributed by atoms with Crippen LogP contribution in [0.15, 0.2) is 0 Å². The van der Waals surface area contributed by atoms with E-state index in [2.05, 4.69) is 4.74 Å². The Labute approximate surface area is 79.6 Å². The summed E-state index contributed by atoms with van der Waals surface area (Å²) in [4.78, 5) is 20.8. The van der Waals surface area contributed by atoms with Gasteiger partial charge in [-0.3, -0.25) is 22.0 Å². The maximum Gasteiger partial charge on any atom is 0.351 e. The van der Waals surface area contributed by atoms with Crippen molar-refractivity contribution in [2.24, 2.45) is 17.2 Å². The molecule has 1 atom stereocenters. The number of carbonyl (C=O) groups is 2. The molecule has 82 valence electrons. The number of aliphatic carboxylic acids is 1. The van der Waals surface area contributed by atoms with Gasteiger partial charge in [0, 0.05) is 6.92 Å². The molecule has 8 nitrogen and oxygen atoms in total. The van der Waals surface area contributed by atoms with Crippen molar-refractivity contribution in [1.82, 2.24) is 0 Å². The second kappa shape index (κ2) is 3.88. The number of carboxylic acids is 1. The minimum atomic E-state index is -2.64. The van der Waals surface area contributed by atoms with Crippen molar-refractivity contribution in [3.05, 3.63) is 0 Å². The topological polar surface area (TPSA) is 162 Å². The van der Waals surface area contributed by atoms with E-state index < -0.39 is 29.9 Å². The van der Waals surface area contributed by atoms with E-state index in [-0.39, 0.29) is 0 Å². The minimum absolute atomic E-state index is 0.809. The number of ether oxygens (including phenoxy) is 1. The van der Waals surface area contributed by atoms with Crippen LogP contribution in [-0.4, -0.2) is 33.7 Å². The first-order chi connectivity index (χ1) is 6.07. The van der Waals surface area contributed by atoms with E-state index in [9.17, 15) is 9.59 Å². The van der Waals surface area contributed by atoms with E-state index in [4.69, 9.17) is 27.4 Å². The van der Waals surface area contributed by atoms with E-state index in [0.29, 0.717) is 0 Å². The monoisotopic (exact) mass is 207 g/mol. The largest absolute Gasteiger partial charge is 0.478 e. The molecule has 0 aromatic heterocycles. The molecular formula is C6H13N3O5. The average molecular weight is 207 g/mol. The van der Waals surface area contributed by atoms with Gasteiger partial charge < -0.3 is 14.9 Å². The zero-order valence-corrected chi connectivity index (χ0v) is 7.56. The lowest BCUT2D eigenvalue weighted by Gasteiger charge is -2.29. The highest BCUT2D eigenvalue weighted by molar-refractivity contribution is 5.76. The Morgan fingerprint density at radius 3 is 2.07 bits per heavy atom. The molecule has 0 saturated heterocycles. The highest BCUT2D eigenvalue weighted by atomic mass is 16.6. The second-order valence-electron chi connectivity index (χ2n) is 2.95. The molecule has 1 unspecified atom stereocenters. The molecular weight excluding hydrogens is 194 g/mol. The number of hydrogen-bond donors (Lipinski definition) is 5. The molecule has 0 radical (unpaired) electrons. The van der Waals surface area contributed by atoms with E-state index in [1.165, 1.54) is 0 Å². The fourth-order valence-corrected chi connectivity index (χ4v) is 0.801. The van der Waals surface area contributed by atoms with Gasteiger partial charge in [0.05, 0.1) is 6.42 Å². The number of carboxylic acid groups (broad SMARTS) is 1. The maximum atomic E-state index is 10.5. The van der Waals surface area contributed by atoms with E-state index in [1.54, 1.807) is 0 Å². The van der Waals surface area contributed by atoms with Crippen LogP contribution in [0.2, 0.25) is 0 Å². The van der Waals surface area contributed by atoms with Crippen molar-refractivity contribution in [2.75, 3.05) is 0 Å². The van der Waals surface area contributed by atoms with Gasteiger partial charge in [-0.25, -0.2) is 4.79 Å². The van der Waals surface area contributed by atoms with Crippen molar-refractivity contribution < 1.29 is 24.5 Å². The van der Waals surface area contributed by atoms with Gasteiger partial charge in [-0.15, -0.1) is 0 Å². The van der Waals surface area contributed by atoms with Crippen LogP contribution in [0.4, 0.5) is 0 Å². The van der Waals surface area contributed by atoms with Gasteiger partial charge in [0.25, 0.3) is 0 Å². The first-order valence-corrected chi connectivity index (χ1v) is 3.59. The first kappa shape index (κ1) is 12.8. The Hall–Kier alpha value is -1.22. The van der Waals surface area contributed by atoms with Gasteiger partial charge in [0.1, 0.15) is 0 Å². The zero-order chi connectivity index (χ0) is 11.6. The summed E-state index contributed by atoms with van der Waals surface area (Å²) < 4.78 is 4.34. The fraction of sp³-hybridized carbons (Fsp3) is 0.667. The average Bonchev–Trinajstić information content (AvgIpc) is 1.79. The van der Waals surface area contributed by atoms with Crippen molar-refractivity contribution in [1.29, 1.82) is 0 Å². The highest BCUT2D eigenvalue weighted by Crippen LogP contribution is 2.11. The molecule has 0 aromatic carbocycles. The predicted octanol–water partition coefficient (Wildman–Crippen LogP) is -2.76. The lowest BCUT2D eigenvalue weighted by Crippen LogP contribution is -2.62. The molecule has 14 heavy (non-hydrogen) atoms. The van der Waals surface area contributed by atoms with Crippen LogP contribution in [0.3, 0.4) is 0 Å². The third kappa shape index (κ3) is 4.14. The minimum Gasteiger partial charge on any atom is -0.478 e. The first-order valence-electron chi connectivity index (χ1n) is 3.59. The van der Waals surface area contributed by atoms with E-state index in [1.807, 2.05) is 0 Å². The third-order valence-electron chi connectivity index (χ3n) is 1.25. The van der Waals surface area contributed by atoms with Crippen molar-refractivity contribution >= 4 is 11.9 Å². The van der Waals surface area contributed by atoms with Gasteiger partial charge in [-0.05, 0) is 0 Å². The fourth-order valence-electron chi connectivity index (χ4n) is 0.801. The Bertz CT molecular complexity index is 250. The molecule has 0 spiro atoms. The maximum absolute atomic E-state index is 10.5. The molecule has 8 heteroatoms. The normalized spacial score (nSPS) is 15.8. The van der Waals surface area contributed by atoms with E-state index in [0.717, 1.165) is 6.92 Å². The number of esters is 1. The summed E-state index contributed by atoms with van der Waals surface area (Å²) in [5.41, 5.74) is 12.6. The molecule has 0 saturated carbocycles. The van der Waals surface area contributed by atoms with Crippen molar-refractivity contribution in [3.63, 3.8) is 0 Å².